The van der Waals surface area contributed by atoms with Crippen LogP contribution in [0.3, 0.4) is 0 Å². The highest BCUT2D eigenvalue weighted by Gasteiger charge is 2.27. The number of nitriles is 1. The second kappa shape index (κ2) is 10.9. The quantitative estimate of drug-likeness (QED) is 0.323. The molecule has 1 fully saturated rings. The number of unbranched alkanes of at least 4 members (excludes halogenated alkanes) is 3. The van der Waals surface area contributed by atoms with Crippen LogP contribution in [0.25, 0.3) is 0 Å². The van der Waals surface area contributed by atoms with Gasteiger partial charge in [-0.15, -0.1) is 0 Å². The van der Waals surface area contributed by atoms with E-state index in [2.05, 4.69) is 13.0 Å². The Morgan fingerprint density at radius 2 is 1.84 bits per heavy atom. The Hall–Kier alpha value is -1.82. The van der Waals surface area contributed by atoms with Gasteiger partial charge in [0.05, 0.1) is 12.0 Å². The van der Waals surface area contributed by atoms with Gasteiger partial charge in [-0.2, -0.15) is 5.26 Å². The molecule has 0 radical (unpaired) electrons. The fourth-order valence-electron chi connectivity index (χ4n) is 3.67. The minimum absolute atomic E-state index is 0.0603. The van der Waals surface area contributed by atoms with E-state index in [9.17, 15) is 4.79 Å². The Bertz CT molecular complexity index is 550. The van der Waals surface area contributed by atoms with Crippen molar-refractivity contribution in [3.63, 3.8) is 0 Å². The van der Waals surface area contributed by atoms with Crippen molar-refractivity contribution in [2.24, 2.45) is 11.8 Å². The second-order valence-corrected chi connectivity index (χ2v) is 7.29. The van der Waals surface area contributed by atoms with Gasteiger partial charge in [-0.1, -0.05) is 51.2 Å². The van der Waals surface area contributed by atoms with Crippen LogP contribution in [0.15, 0.2) is 24.3 Å². The van der Waals surface area contributed by atoms with Crippen LogP contribution in [-0.2, 0) is 11.2 Å². The lowest BCUT2D eigenvalue weighted by Gasteiger charge is -2.27. The van der Waals surface area contributed by atoms with E-state index in [1.807, 2.05) is 24.3 Å². The van der Waals surface area contributed by atoms with Crippen LogP contribution in [0.1, 0.15) is 76.7 Å². The van der Waals surface area contributed by atoms with E-state index in [0.717, 1.165) is 30.7 Å². The molecule has 0 aliphatic heterocycles. The third-order valence-electron chi connectivity index (χ3n) is 5.31. The van der Waals surface area contributed by atoms with E-state index >= 15 is 0 Å². The van der Waals surface area contributed by atoms with E-state index in [0.29, 0.717) is 12.2 Å². The lowest BCUT2D eigenvalue weighted by Crippen LogP contribution is -2.25. The fourth-order valence-corrected chi connectivity index (χ4v) is 3.67. The van der Waals surface area contributed by atoms with Gasteiger partial charge in [-0.3, -0.25) is 4.79 Å². The van der Waals surface area contributed by atoms with E-state index in [4.69, 9.17) is 10.00 Å². The van der Waals surface area contributed by atoms with Crippen LogP contribution in [-0.4, -0.2) is 5.97 Å². The standard InChI is InChI=1S/C22H31NO2/c1-2-3-4-5-7-18-9-13-20(14-10-18)22(24)25-21-15-11-19(12-16-21)8-6-17-23/h11-12,15-16,18,20H,2-10,13-14H2,1H3. The molecule has 0 aromatic heterocycles. The molecule has 1 aromatic rings. The smallest absolute Gasteiger partial charge is 0.314 e. The van der Waals surface area contributed by atoms with Crippen molar-refractivity contribution < 1.29 is 9.53 Å². The maximum absolute atomic E-state index is 12.4. The summed E-state index contributed by atoms with van der Waals surface area (Å²) < 4.78 is 5.56. The Morgan fingerprint density at radius 3 is 2.48 bits per heavy atom. The van der Waals surface area contributed by atoms with Crippen LogP contribution in [0.4, 0.5) is 0 Å². The highest BCUT2D eigenvalue weighted by atomic mass is 16.5. The third-order valence-corrected chi connectivity index (χ3v) is 5.31. The van der Waals surface area contributed by atoms with Crippen LogP contribution < -0.4 is 4.74 Å². The molecule has 0 bridgehead atoms. The first-order chi connectivity index (χ1) is 12.2. The zero-order valence-electron chi connectivity index (χ0n) is 15.5. The van der Waals surface area contributed by atoms with Crippen molar-refractivity contribution in [2.75, 3.05) is 0 Å². The van der Waals surface area contributed by atoms with E-state index in [1.54, 1.807) is 0 Å². The first-order valence-electron chi connectivity index (χ1n) is 9.90. The number of carbonyl (C=O) groups is 1. The predicted octanol–water partition coefficient (Wildman–Crippen LogP) is 5.82. The number of carbonyl (C=O) groups excluding carboxylic acids is 1. The zero-order valence-corrected chi connectivity index (χ0v) is 15.5. The predicted molar refractivity (Wildman–Crippen MR) is 100 cm³/mol. The van der Waals surface area contributed by atoms with Crippen LogP contribution >= 0.6 is 0 Å². The van der Waals surface area contributed by atoms with Crippen molar-refractivity contribution >= 4 is 5.97 Å². The maximum Gasteiger partial charge on any atom is 0.314 e. The Labute approximate surface area is 152 Å². The summed E-state index contributed by atoms with van der Waals surface area (Å²) in [5.74, 6) is 1.41. The first-order valence-corrected chi connectivity index (χ1v) is 9.90. The number of esters is 1. The third kappa shape index (κ3) is 6.90. The minimum atomic E-state index is -0.0748. The van der Waals surface area contributed by atoms with Gasteiger partial charge in [0.1, 0.15) is 5.75 Å². The Kier molecular flexibility index (Phi) is 8.52. The molecule has 25 heavy (non-hydrogen) atoms. The van der Waals surface area contributed by atoms with Crippen molar-refractivity contribution in [1.82, 2.24) is 0 Å². The van der Waals surface area contributed by atoms with Crippen molar-refractivity contribution in [3.05, 3.63) is 29.8 Å². The van der Waals surface area contributed by atoms with Gasteiger partial charge in [-0.05, 0) is 55.7 Å². The summed E-state index contributed by atoms with van der Waals surface area (Å²) in [6.45, 7) is 2.25. The number of hydrogen-bond acceptors (Lipinski definition) is 3. The molecular formula is C22H31NO2. The lowest BCUT2D eigenvalue weighted by atomic mass is 9.80. The number of ether oxygens (including phenoxy) is 1. The number of benzene rings is 1. The summed E-state index contributed by atoms with van der Waals surface area (Å²) in [5.41, 5.74) is 1.10. The molecule has 3 nitrogen and oxygen atoms in total. The van der Waals surface area contributed by atoms with Crippen molar-refractivity contribution in [1.29, 1.82) is 5.26 Å². The molecule has 0 N–H and O–H groups in total. The molecule has 136 valence electrons. The molecular weight excluding hydrogens is 310 g/mol. The van der Waals surface area contributed by atoms with Crippen LogP contribution in [0.5, 0.6) is 5.75 Å². The average Bonchev–Trinajstić information content (AvgIpc) is 2.65. The SMILES string of the molecule is CCCCCCC1CCC(C(=O)Oc2ccc(CCC#N)cc2)CC1. The molecule has 1 saturated carbocycles. The molecule has 1 aliphatic rings. The molecule has 0 unspecified atom stereocenters. The minimum Gasteiger partial charge on any atom is -0.426 e. The molecule has 1 aliphatic carbocycles. The summed E-state index contributed by atoms with van der Waals surface area (Å²) in [6.07, 6.45) is 12.2. The zero-order chi connectivity index (χ0) is 17.9. The second-order valence-electron chi connectivity index (χ2n) is 7.29. The topological polar surface area (TPSA) is 50.1 Å². The van der Waals surface area contributed by atoms with E-state index in [-0.39, 0.29) is 11.9 Å². The molecule has 0 atom stereocenters. The molecule has 1 aromatic carbocycles. The van der Waals surface area contributed by atoms with Crippen molar-refractivity contribution in [2.45, 2.75) is 77.6 Å². The van der Waals surface area contributed by atoms with Gasteiger partial charge in [0.2, 0.25) is 0 Å². The summed E-state index contributed by atoms with van der Waals surface area (Å²) in [5, 5.41) is 8.62. The molecule has 3 heteroatoms. The maximum atomic E-state index is 12.4. The molecule has 2 rings (SSSR count). The van der Waals surface area contributed by atoms with Crippen LogP contribution in [0, 0.1) is 23.2 Å². The summed E-state index contributed by atoms with van der Waals surface area (Å²) in [7, 11) is 0. The van der Waals surface area contributed by atoms with E-state index < -0.39 is 0 Å². The summed E-state index contributed by atoms with van der Waals surface area (Å²) >= 11 is 0. The number of aryl methyl sites for hydroxylation is 1. The normalized spacial score (nSPS) is 20.0. The number of hydrogen-bond donors (Lipinski definition) is 0. The van der Waals surface area contributed by atoms with Gasteiger partial charge in [0.15, 0.2) is 0 Å². The fraction of sp³-hybridized carbons (Fsp3) is 0.636. The number of nitrogens with zero attached hydrogens (tertiary/aromatic N) is 1. The van der Waals surface area contributed by atoms with Crippen molar-refractivity contribution in [3.8, 4) is 11.8 Å². The number of rotatable bonds is 9. The summed E-state index contributed by atoms with van der Waals surface area (Å²) in [6, 6.07) is 9.69. The van der Waals surface area contributed by atoms with Gasteiger partial charge < -0.3 is 4.74 Å². The monoisotopic (exact) mass is 341 g/mol. The summed E-state index contributed by atoms with van der Waals surface area (Å²) in [4.78, 5) is 12.4. The highest BCUT2D eigenvalue weighted by Crippen LogP contribution is 2.33. The van der Waals surface area contributed by atoms with Gasteiger partial charge in [-0.25, -0.2) is 0 Å². The largest absolute Gasteiger partial charge is 0.426 e. The molecule has 0 amide bonds. The van der Waals surface area contributed by atoms with Gasteiger partial charge >= 0.3 is 5.97 Å². The van der Waals surface area contributed by atoms with Gasteiger partial charge in [0.25, 0.3) is 0 Å². The first kappa shape index (κ1) is 19.5. The van der Waals surface area contributed by atoms with Gasteiger partial charge in [0, 0.05) is 6.42 Å². The average molecular weight is 341 g/mol. The Morgan fingerprint density at radius 1 is 1.12 bits per heavy atom. The molecule has 0 spiro atoms. The van der Waals surface area contributed by atoms with Crippen LogP contribution in [0.2, 0.25) is 0 Å². The van der Waals surface area contributed by atoms with E-state index in [1.165, 1.54) is 44.9 Å². The molecule has 0 saturated heterocycles. The highest BCUT2D eigenvalue weighted by molar-refractivity contribution is 5.75. The lowest BCUT2D eigenvalue weighted by molar-refractivity contribution is -0.140. The Balaban J connectivity index is 1.70. The molecule has 0 heterocycles.